The van der Waals surface area contributed by atoms with Crippen LogP contribution in [0.2, 0.25) is 5.02 Å². The van der Waals surface area contributed by atoms with Gasteiger partial charge in [-0.1, -0.05) is 11.6 Å². The van der Waals surface area contributed by atoms with Gasteiger partial charge in [-0.05, 0) is 48.4 Å². The van der Waals surface area contributed by atoms with E-state index in [0.717, 1.165) is 12.5 Å². The molecule has 0 unspecified atom stereocenters. The maximum atomic E-state index is 13.0. The Balaban J connectivity index is 0.00000300. The quantitative estimate of drug-likeness (QED) is 0.377. The van der Waals surface area contributed by atoms with Crippen LogP contribution >= 0.6 is 24.0 Å². The van der Waals surface area contributed by atoms with Gasteiger partial charge in [0.2, 0.25) is 0 Å². The normalized spacial score (nSPS) is 15.8. The largest absolute Gasteiger partial charge is 0.364 e. The van der Waals surface area contributed by atoms with E-state index in [1.165, 1.54) is 42.0 Å². The standard InChI is InChI=1S/C19H18ClFN4O3.ClH/c20-16-9-12(1-6-17(26)24-28)10-22-18(16)23-15-7-8-25(11-15)19(27)13-2-4-14(21)5-3-13;/h1-6,9-10,15,28H,7-8,11H2,(H,22,23)(H,24,26);1H/t15-;/m1./s1. The first kappa shape index (κ1) is 22.6. The summed E-state index contributed by atoms with van der Waals surface area (Å²) >= 11 is 6.24. The lowest BCUT2D eigenvalue weighted by molar-refractivity contribution is -0.124. The first-order valence-electron chi connectivity index (χ1n) is 8.55. The number of nitrogens with one attached hydrogen (secondary N) is 2. The van der Waals surface area contributed by atoms with E-state index in [9.17, 15) is 14.0 Å². The fourth-order valence-corrected chi connectivity index (χ4v) is 3.12. The molecule has 29 heavy (non-hydrogen) atoms. The van der Waals surface area contributed by atoms with Crippen LogP contribution < -0.4 is 10.8 Å². The van der Waals surface area contributed by atoms with Crippen molar-refractivity contribution in [3.63, 3.8) is 0 Å². The molecule has 1 aliphatic rings. The number of likely N-dealkylation sites (tertiary alicyclic amines) is 1. The lowest BCUT2D eigenvalue weighted by Gasteiger charge is -2.18. The van der Waals surface area contributed by atoms with Crippen molar-refractivity contribution in [3.8, 4) is 0 Å². The van der Waals surface area contributed by atoms with Crippen LogP contribution in [0.4, 0.5) is 10.2 Å². The summed E-state index contributed by atoms with van der Waals surface area (Å²) in [6.07, 6.45) is 4.87. The molecule has 1 saturated heterocycles. The van der Waals surface area contributed by atoms with Crippen molar-refractivity contribution in [1.82, 2.24) is 15.4 Å². The number of anilines is 1. The number of halogens is 3. The topological polar surface area (TPSA) is 94.6 Å². The zero-order valence-electron chi connectivity index (χ0n) is 15.1. The summed E-state index contributed by atoms with van der Waals surface area (Å²) in [6.45, 7) is 1.05. The molecular weight excluding hydrogens is 422 g/mol. The molecule has 0 aliphatic carbocycles. The highest BCUT2D eigenvalue weighted by molar-refractivity contribution is 6.33. The number of carbonyl (C=O) groups is 2. The minimum absolute atomic E-state index is 0. The van der Waals surface area contributed by atoms with Gasteiger partial charge in [0.05, 0.1) is 5.02 Å². The average Bonchev–Trinajstić information content (AvgIpc) is 3.16. The number of rotatable bonds is 5. The lowest BCUT2D eigenvalue weighted by atomic mass is 10.2. The van der Waals surface area contributed by atoms with Crippen LogP contribution in [0, 0.1) is 5.82 Å². The maximum Gasteiger partial charge on any atom is 0.267 e. The predicted molar refractivity (Wildman–Crippen MR) is 110 cm³/mol. The highest BCUT2D eigenvalue weighted by Crippen LogP contribution is 2.24. The van der Waals surface area contributed by atoms with Crippen molar-refractivity contribution in [2.24, 2.45) is 0 Å². The summed E-state index contributed by atoms with van der Waals surface area (Å²) in [5.41, 5.74) is 2.54. The molecule has 1 aromatic heterocycles. The third kappa shape index (κ3) is 5.90. The molecule has 10 heteroatoms. The Morgan fingerprint density at radius 2 is 2.03 bits per heavy atom. The van der Waals surface area contributed by atoms with E-state index in [2.05, 4.69) is 10.3 Å². The fourth-order valence-electron chi connectivity index (χ4n) is 2.89. The number of benzene rings is 1. The minimum Gasteiger partial charge on any atom is -0.364 e. The van der Waals surface area contributed by atoms with Crippen molar-refractivity contribution in [1.29, 1.82) is 0 Å². The van der Waals surface area contributed by atoms with Crippen molar-refractivity contribution in [2.45, 2.75) is 12.5 Å². The van der Waals surface area contributed by atoms with Gasteiger partial charge >= 0.3 is 0 Å². The molecule has 1 atom stereocenters. The van der Waals surface area contributed by atoms with Gasteiger partial charge in [-0.15, -0.1) is 12.4 Å². The van der Waals surface area contributed by atoms with Crippen LogP contribution in [0.25, 0.3) is 6.08 Å². The van der Waals surface area contributed by atoms with E-state index in [1.807, 2.05) is 0 Å². The molecule has 2 aromatic rings. The van der Waals surface area contributed by atoms with Crippen LogP contribution in [0.3, 0.4) is 0 Å². The third-order valence-corrected chi connectivity index (χ3v) is 4.60. The number of nitrogens with zero attached hydrogens (tertiary/aromatic N) is 2. The lowest BCUT2D eigenvalue weighted by Crippen LogP contribution is -2.31. The van der Waals surface area contributed by atoms with Gasteiger partial charge in [-0.25, -0.2) is 14.9 Å². The Morgan fingerprint density at radius 3 is 2.69 bits per heavy atom. The second-order valence-electron chi connectivity index (χ2n) is 6.30. The maximum absolute atomic E-state index is 13.0. The molecule has 1 fully saturated rings. The van der Waals surface area contributed by atoms with E-state index >= 15 is 0 Å². The van der Waals surface area contributed by atoms with Crippen LogP contribution in [-0.4, -0.2) is 46.0 Å². The van der Waals surface area contributed by atoms with Crippen molar-refractivity contribution in [3.05, 3.63) is 64.6 Å². The Morgan fingerprint density at radius 1 is 1.31 bits per heavy atom. The van der Waals surface area contributed by atoms with Gasteiger partial charge in [-0.2, -0.15) is 0 Å². The molecule has 154 valence electrons. The fraction of sp³-hybridized carbons (Fsp3) is 0.211. The SMILES string of the molecule is Cl.O=C(C=Cc1cnc(N[C@@H]2CCN(C(=O)c3ccc(F)cc3)C2)c(Cl)c1)NO. The molecule has 0 spiro atoms. The zero-order valence-corrected chi connectivity index (χ0v) is 16.7. The third-order valence-electron chi connectivity index (χ3n) is 4.31. The Hall–Kier alpha value is -2.68. The number of aromatic nitrogens is 1. The van der Waals surface area contributed by atoms with Crippen molar-refractivity contribution in [2.75, 3.05) is 18.4 Å². The molecule has 0 bridgehead atoms. The molecule has 1 aliphatic heterocycles. The summed E-state index contributed by atoms with van der Waals surface area (Å²) in [5, 5.41) is 12.1. The minimum atomic E-state index is -0.657. The van der Waals surface area contributed by atoms with Crippen LogP contribution in [0.1, 0.15) is 22.3 Å². The average molecular weight is 441 g/mol. The number of hydrogen-bond acceptors (Lipinski definition) is 5. The zero-order chi connectivity index (χ0) is 20.1. The van der Waals surface area contributed by atoms with Crippen LogP contribution in [0.5, 0.6) is 0 Å². The first-order chi connectivity index (χ1) is 13.5. The van der Waals surface area contributed by atoms with Gasteiger partial charge in [0.15, 0.2) is 0 Å². The number of amides is 2. The molecule has 0 saturated carbocycles. The number of carbonyl (C=O) groups excluding carboxylic acids is 2. The molecule has 3 N–H and O–H groups in total. The summed E-state index contributed by atoms with van der Waals surface area (Å²) in [4.78, 5) is 29.5. The van der Waals surface area contributed by atoms with Crippen molar-refractivity contribution >= 4 is 47.7 Å². The van der Waals surface area contributed by atoms with Crippen molar-refractivity contribution < 1.29 is 19.2 Å². The number of hydroxylamine groups is 1. The van der Waals surface area contributed by atoms with E-state index < -0.39 is 5.91 Å². The van der Waals surface area contributed by atoms with E-state index in [1.54, 1.807) is 11.0 Å². The molecule has 2 amide bonds. The Bertz CT molecular complexity index is 909. The van der Waals surface area contributed by atoms with E-state index in [4.69, 9.17) is 16.8 Å². The highest BCUT2D eigenvalue weighted by Gasteiger charge is 2.27. The predicted octanol–water partition coefficient (Wildman–Crippen LogP) is 3.14. The number of hydrogen-bond donors (Lipinski definition) is 3. The molecule has 3 rings (SSSR count). The molecule has 7 nitrogen and oxygen atoms in total. The summed E-state index contributed by atoms with van der Waals surface area (Å²) in [5.74, 6) is -0.707. The summed E-state index contributed by atoms with van der Waals surface area (Å²) in [6, 6.07) is 7.09. The Kier molecular flexibility index (Phi) is 7.95. The van der Waals surface area contributed by atoms with Crippen LogP contribution in [-0.2, 0) is 4.79 Å². The van der Waals surface area contributed by atoms with E-state index in [0.29, 0.717) is 35.1 Å². The second kappa shape index (κ2) is 10.2. The molecule has 1 aromatic carbocycles. The first-order valence-corrected chi connectivity index (χ1v) is 8.93. The Labute approximate surface area is 177 Å². The molecule has 2 heterocycles. The van der Waals surface area contributed by atoms with E-state index in [-0.39, 0.29) is 30.2 Å². The summed E-state index contributed by atoms with van der Waals surface area (Å²) in [7, 11) is 0. The van der Waals surface area contributed by atoms with Gasteiger partial charge < -0.3 is 10.2 Å². The molecule has 0 radical (unpaired) electrons. The monoisotopic (exact) mass is 440 g/mol. The smallest absolute Gasteiger partial charge is 0.267 e. The number of pyridine rings is 1. The summed E-state index contributed by atoms with van der Waals surface area (Å²) < 4.78 is 13.0. The molecular formula is C19H19Cl2FN4O3. The van der Waals surface area contributed by atoms with Gasteiger partial charge in [0, 0.05) is 37.0 Å². The van der Waals surface area contributed by atoms with Gasteiger partial charge in [0.25, 0.3) is 11.8 Å². The highest BCUT2D eigenvalue weighted by atomic mass is 35.5. The van der Waals surface area contributed by atoms with Gasteiger partial charge in [0.1, 0.15) is 11.6 Å². The second-order valence-corrected chi connectivity index (χ2v) is 6.70. The van der Waals surface area contributed by atoms with Gasteiger partial charge in [-0.3, -0.25) is 14.8 Å². The van der Waals surface area contributed by atoms with Crippen LogP contribution in [0.15, 0.2) is 42.6 Å².